The molecule has 3 rings (SSSR count). The minimum Gasteiger partial charge on any atom is -0.359 e. The lowest BCUT2D eigenvalue weighted by Gasteiger charge is -2.43. The molecule has 2 saturated carbocycles. The highest BCUT2D eigenvalue weighted by Crippen LogP contribution is 2.40. The summed E-state index contributed by atoms with van der Waals surface area (Å²) in [6.07, 6.45) is 17.5. The highest BCUT2D eigenvalue weighted by atomic mass is 35.7. The third kappa shape index (κ3) is 2.79. The van der Waals surface area contributed by atoms with Crippen LogP contribution in [0, 0.1) is 0 Å². The first-order chi connectivity index (χ1) is 9.19. The lowest BCUT2D eigenvalue weighted by atomic mass is 9.95. The third-order valence-corrected chi connectivity index (χ3v) is 9.56. The van der Waals surface area contributed by atoms with Gasteiger partial charge in [-0.05, 0) is 25.7 Å². The molecule has 108 valence electrons. The predicted molar refractivity (Wildman–Crippen MR) is 84.0 cm³/mol. The van der Waals surface area contributed by atoms with Crippen LogP contribution in [0.3, 0.4) is 0 Å². The second-order valence-electron chi connectivity index (χ2n) is 6.21. The van der Waals surface area contributed by atoms with Gasteiger partial charge in [0.15, 0.2) is 0 Å². The van der Waals surface area contributed by atoms with Gasteiger partial charge in [-0.3, -0.25) is 0 Å². The molecule has 0 radical (unpaired) electrons. The summed E-state index contributed by atoms with van der Waals surface area (Å²) in [4.78, 5) is 0. The number of rotatable bonds is 2. The topological polar surface area (TPSA) is 6.48 Å². The van der Waals surface area contributed by atoms with Crippen molar-refractivity contribution in [3.8, 4) is 0 Å². The predicted octanol–water partition coefficient (Wildman–Crippen LogP) is 4.65. The van der Waals surface area contributed by atoms with Crippen molar-refractivity contribution in [1.29, 1.82) is 0 Å². The minimum absolute atomic E-state index is 0.584. The van der Waals surface area contributed by atoms with E-state index >= 15 is 0 Å². The molecule has 0 N–H and O–H groups in total. The van der Waals surface area contributed by atoms with Crippen LogP contribution in [0.4, 0.5) is 0 Å². The fourth-order valence-corrected chi connectivity index (χ4v) is 8.34. The second-order valence-corrected chi connectivity index (χ2v) is 12.0. The van der Waals surface area contributed by atoms with E-state index in [1.165, 1.54) is 64.2 Å². The zero-order valence-corrected chi connectivity index (χ0v) is 14.0. The summed E-state index contributed by atoms with van der Waals surface area (Å²) in [7, 11) is -2.47. The Bertz CT molecular complexity index is 306. The van der Waals surface area contributed by atoms with Crippen molar-refractivity contribution in [1.82, 2.24) is 9.13 Å². The van der Waals surface area contributed by atoms with Crippen LogP contribution < -0.4 is 0 Å². The molecule has 0 amide bonds. The monoisotopic (exact) mass is 318 g/mol. The molecule has 0 aromatic rings. The molecular weight excluding hydrogens is 295 g/mol. The van der Waals surface area contributed by atoms with E-state index in [9.17, 15) is 0 Å². The van der Waals surface area contributed by atoms with Gasteiger partial charge in [0.2, 0.25) is 0 Å². The Balaban J connectivity index is 1.70. The molecule has 1 aliphatic heterocycles. The first kappa shape index (κ1) is 14.1. The highest BCUT2D eigenvalue weighted by Gasteiger charge is 2.50. The van der Waals surface area contributed by atoms with Crippen LogP contribution in [-0.2, 0) is 0 Å². The smallest absolute Gasteiger partial charge is 0.359 e. The van der Waals surface area contributed by atoms with Gasteiger partial charge in [0, 0.05) is 24.5 Å². The Morgan fingerprint density at radius 1 is 0.684 bits per heavy atom. The van der Waals surface area contributed by atoms with E-state index in [0.717, 1.165) is 0 Å². The van der Waals surface area contributed by atoms with Crippen molar-refractivity contribution in [3.63, 3.8) is 0 Å². The molecule has 0 spiro atoms. The van der Waals surface area contributed by atoms with Crippen molar-refractivity contribution < 1.29 is 0 Å². The SMILES string of the molecule is Cl[Si]1(Cl)N(C2CCCCC2)C=CN1C1CCCCC1. The van der Waals surface area contributed by atoms with Crippen LogP contribution in [0.1, 0.15) is 64.2 Å². The van der Waals surface area contributed by atoms with Gasteiger partial charge in [0.25, 0.3) is 0 Å². The van der Waals surface area contributed by atoms with Gasteiger partial charge >= 0.3 is 7.02 Å². The maximum Gasteiger partial charge on any atom is 0.469 e. The number of halogens is 2. The van der Waals surface area contributed by atoms with E-state index in [2.05, 4.69) is 21.5 Å². The van der Waals surface area contributed by atoms with Gasteiger partial charge < -0.3 is 9.13 Å². The molecule has 1 heterocycles. The first-order valence-electron chi connectivity index (χ1n) is 7.82. The van der Waals surface area contributed by atoms with E-state index in [1.54, 1.807) is 0 Å². The van der Waals surface area contributed by atoms with Crippen molar-refractivity contribution in [2.45, 2.75) is 76.3 Å². The van der Waals surface area contributed by atoms with Gasteiger partial charge in [-0.25, -0.2) is 0 Å². The molecule has 2 fully saturated rings. The summed E-state index contributed by atoms with van der Waals surface area (Å²) in [5.74, 6) is 0. The minimum atomic E-state index is -2.47. The summed E-state index contributed by atoms with van der Waals surface area (Å²) >= 11 is 13.7. The van der Waals surface area contributed by atoms with E-state index in [1.807, 2.05) is 0 Å². The fraction of sp³-hybridized carbons (Fsp3) is 0.857. The molecule has 2 nitrogen and oxygen atoms in total. The van der Waals surface area contributed by atoms with Crippen molar-refractivity contribution in [2.75, 3.05) is 0 Å². The van der Waals surface area contributed by atoms with Gasteiger partial charge in [-0.2, -0.15) is 0 Å². The second kappa shape index (κ2) is 5.86. The normalized spacial score (nSPS) is 29.2. The average molecular weight is 319 g/mol. The van der Waals surface area contributed by atoms with Crippen LogP contribution in [0.2, 0.25) is 0 Å². The van der Waals surface area contributed by atoms with E-state index < -0.39 is 7.02 Å². The molecule has 5 heteroatoms. The lowest BCUT2D eigenvalue weighted by Crippen LogP contribution is -2.57. The molecule has 0 unspecified atom stereocenters. The van der Waals surface area contributed by atoms with Crippen molar-refractivity contribution in [3.05, 3.63) is 12.4 Å². The molecule has 3 aliphatic rings. The van der Waals surface area contributed by atoms with Gasteiger partial charge in [0.05, 0.1) is 0 Å². The third-order valence-electron chi connectivity index (χ3n) is 4.95. The lowest BCUT2D eigenvalue weighted by molar-refractivity contribution is 0.280. The van der Waals surface area contributed by atoms with E-state index in [4.69, 9.17) is 22.2 Å². The van der Waals surface area contributed by atoms with Crippen LogP contribution in [-0.4, -0.2) is 28.2 Å². The summed E-state index contributed by atoms with van der Waals surface area (Å²) in [6, 6.07) is 1.17. The van der Waals surface area contributed by atoms with Gasteiger partial charge in [0.1, 0.15) is 0 Å². The number of nitrogens with zero attached hydrogens (tertiary/aromatic N) is 2. The molecule has 19 heavy (non-hydrogen) atoms. The molecule has 0 atom stereocenters. The standard InChI is InChI=1S/C14H24Cl2N2Si/c15-19(16)17(13-7-3-1-4-8-13)11-12-18(19)14-9-5-2-6-10-14/h11-14H,1-10H2. The average Bonchev–Trinajstić information content (AvgIpc) is 2.76. The Morgan fingerprint density at radius 3 is 1.42 bits per heavy atom. The van der Waals surface area contributed by atoms with Crippen molar-refractivity contribution in [2.24, 2.45) is 0 Å². The molecule has 0 aromatic carbocycles. The summed E-state index contributed by atoms with van der Waals surface area (Å²) in [5.41, 5.74) is 0. The maximum atomic E-state index is 6.86. The van der Waals surface area contributed by atoms with E-state index in [0.29, 0.717) is 12.1 Å². The van der Waals surface area contributed by atoms with Crippen LogP contribution in [0.15, 0.2) is 12.4 Å². The molecule has 0 saturated heterocycles. The number of hydrogen-bond donors (Lipinski definition) is 0. The summed E-state index contributed by atoms with van der Waals surface area (Å²) in [6.45, 7) is 0. The van der Waals surface area contributed by atoms with Crippen molar-refractivity contribution >= 4 is 29.2 Å². The Labute approximate surface area is 127 Å². The Hall–Kier alpha value is 0.137. The van der Waals surface area contributed by atoms with Gasteiger partial charge in [-0.15, -0.1) is 0 Å². The molecule has 0 aromatic heterocycles. The van der Waals surface area contributed by atoms with E-state index in [-0.39, 0.29) is 0 Å². The van der Waals surface area contributed by atoms with Crippen LogP contribution >= 0.6 is 22.2 Å². The Kier molecular flexibility index (Phi) is 4.35. The summed E-state index contributed by atoms with van der Waals surface area (Å²) in [5, 5.41) is 0. The molecular formula is C14H24Cl2N2Si. The largest absolute Gasteiger partial charge is 0.469 e. The van der Waals surface area contributed by atoms with Crippen LogP contribution in [0.5, 0.6) is 0 Å². The number of hydrogen-bond acceptors (Lipinski definition) is 2. The summed E-state index contributed by atoms with van der Waals surface area (Å²) < 4.78 is 4.67. The fourth-order valence-electron chi connectivity index (χ4n) is 3.86. The highest BCUT2D eigenvalue weighted by molar-refractivity contribution is 7.43. The maximum absolute atomic E-state index is 6.86. The zero-order chi connectivity index (χ0) is 13.3. The van der Waals surface area contributed by atoms with Crippen LogP contribution in [0.25, 0.3) is 0 Å². The molecule has 0 bridgehead atoms. The quantitative estimate of drug-likeness (QED) is 0.540. The molecule has 2 aliphatic carbocycles. The first-order valence-corrected chi connectivity index (χ1v) is 11.7. The Morgan fingerprint density at radius 2 is 1.05 bits per heavy atom. The van der Waals surface area contributed by atoms with Gasteiger partial charge in [-0.1, -0.05) is 60.7 Å². The zero-order valence-electron chi connectivity index (χ0n) is 11.5.